The van der Waals surface area contributed by atoms with Crippen molar-refractivity contribution >= 4 is 12.1 Å². The summed E-state index contributed by atoms with van der Waals surface area (Å²) in [4.78, 5) is 21.1. The Bertz CT molecular complexity index is 291. The predicted octanol–water partition coefficient (Wildman–Crippen LogP) is 0.497. The quantitative estimate of drug-likeness (QED) is 0.683. The van der Waals surface area contributed by atoms with Gasteiger partial charge in [-0.05, 0) is 13.8 Å². The SMILES string of the molecule is CC(C)OC(=O)N[C@@H]([C@@H](O)C(=O)O)C(F)(F)F. The smallest absolute Gasteiger partial charge is 0.411 e. The molecule has 0 aliphatic carbocycles. The van der Waals surface area contributed by atoms with Crippen LogP contribution in [0.25, 0.3) is 0 Å². The zero-order chi connectivity index (χ0) is 13.8. The number of amides is 1. The highest BCUT2D eigenvalue weighted by molar-refractivity contribution is 5.75. The number of alkyl halides is 3. The highest BCUT2D eigenvalue weighted by Gasteiger charge is 2.48. The van der Waals surface area contributed by atoms with Crippen molar-refractivity contribution in [1.29, 1.82) is 0 Å². The summed E-state index contributed by atoms with van der Waals surface area (Å²) in [6.45, 7) is 2.80. The summed E-state index contributed by atoms with van der Waals surface area (Å²) in [5, 5.41) is 18.3. The van der Waals surface area contributed by atoms with Crippen LogP contribution in [0.4, 0.5) is 18.0 Å². The number of carbonyl (C=O) groups is 2. The van der Waals surface area contributed by atoms with Gasteiger partial charge in [-0.25, -0.2) is 9.59 Å². The zero-order valence-corrected chi connectivity index (χ0v) is 8.99. The number of ether oxygens (including phenoxy) is 1. The molecule has 0 aromatic carbocycles. The molecule has 2 atom stereocenters. The van der Waals surface area contributed by atoms with Crippen LogP contribution < -0.4 is 5.32 Å². The maximum Gasteiger partial charge on any atom is 0.411 e. The molecule has 0 saturated carbocycles. The highest BCUT2D eigenvalue weighted by Crippen LogP contribution is 2.23. The molecule has 0 heterocycles. The van der Waals surface area contributed by atoms with Crippen LogP contribution in [0.15, 0.2) is 0 Å². The van der Waals surface area contributed by atoms with Crippen molar-refractivity contribution < 1.29 is 37.7 Å². The van der Waals surface area contributed by atoms with Gasteiger partial charge in [0, 0.05) is 0 Å². The summed E-state index contributed by atoms with van der Waals surface area (Å²) in [7, 11) is 0. The Morgan fingerprint density at radius 3 is 2.06 bits per heavy atom. The zero-order valence-electron chi connectivity index (χ0n) is 8.99. The van der Waals surface area contributed by atoms with Gasteiger partial charge in [0.2, 0.25) is 0 Å². The van der Waals surface area contributed by atoms with Crippen molar-refractivity contribution in [2.75, 3.05) is 0 Å². The minimum absolute atomic E-state index is 0.675. The van der Waals surface area contributed by atoms with Gasteiger partial charge < -0.3 is 20.3 Å². The molecule has 3 N–H and O–H groups in total. The standard InChI is InChI=1S/C8H12F3NO5/c1-3(2)17-7(16)12-5(8(9,10)11)4(13)6(14)15/h3-5,13H,1-2H3,(H,12,16)(H,14,15)/t4-,5+/m1/s1. The van der Waals surface area contributed by atoms with E-state index in [2.05, 4.69) is 4.74 Å². The van der Waals surface area contributed by atoms with Gasteiger partial charge in [0.25, 0.3) is 0 Å². The number of carboxylic acid groups (broad SMARTS) is 1. The largest absolute Gasteiger partial charge is 0.479 e. The van der Waals surface area contributed by atoms with Gasteiger partial charge in [-0.2, -0.15) is 13.2 Å². The van der Waals surface area contributed by atoms with Gasteiger partial charge in [0.15, 0.2) is 12.1 Å². The van der Waals surface area contributed by atoms with Crippen LogP contribution in [0.5, 0.6) is 0 Å². The minimum Gasteiger partial charge on any atom is -0.479 e. The first kappa shape index (κ1) is 15.5. The Hall–Kier alpha value is -1.51. The number of halogens is 3. The molecule has 0 spiro atoms. The van der Waals surface area contributed by atoms with Crippen molar-refractivity contribution in [2.24, 2.45) is 0 Å². The van der Waals surface area contributed by atoms with Gasteiger partial charge >= 0.3 is 18.2 Å². The number of alkyl carbamates (subject to hydrolysis) is 1. The fourth-order valence-corrected chi connectivity index (χ4v) is 0.857. The van der Waals surface area contributed by atoms with Crippen molar-refractivity contribution in [1.82, 2.24) is 5.32 Å². The highest BCUT2D eigenvalue weighted by atomic mass is 19.4. The van der Waals surface area contributed by atoms with E-state index < -0.39 is 36.5 Å². The average molecular weight is 259 g/mol. The maximum absolute atomic E-state index is 12.3. The summed E-state index contributed by atoms with van der Waals surface area (Å²) in [5.41, 5.74) is 0. The second-order valence-electron chi connectivity index (χ2n) is 3.40. The van der Waals surface area contributed by atoms with Gasteiger partial charge in [0.1, 0.15) is 0 Å². The van der Waals surface area contributed by atoms with Gasteiger partial charge in [-0.3, -0.25) is 0 Å². The summed E-state index contributed by atoms with van der Waals surface area (Å²) in [5.74, 6) is -2.10. The maximum atomic E-state index is 12.3. The Morgan fingerprint density at radius 1 is 1.29 bits per heavy atom. The first-order valence-electron chi connectivity index (χ1n) is 4.50. The lowest BCUT2D eigenvalue weighted by Crippen LogP contribution is -2.55. The lowest BCUT2D eigenvalue weighted by molar-refractivity contribution is -0.188. The normalized spacial score (nSPS) is 15.2. The number of hydrogen-bond acceptors (Lipinski definition) is 4. The summed E-state index contributed by atoms with van der Waals surface area (Å²) < 4.78 is 41.4. The van der Waals surface area contributed by atoms with Crippen LogP contribution in [0.1, 0.15) is 13.8 Å². The third-order valence-electron chi connectivity index (χ3n) is 1.54. The number of aliphatic carboxylic acids is 1. The molecular weight excluding hydrogens is 247 g/mol. The van der Waals surface area contributed by atoms with Crippen LogP contribution >= 0.6 is 0 Å². The molecule has 0 bridgehead atoms. The van der Waals surface area contributed by atoms with E-state index in [1.807, 2.05) is 0 Å². The second-order valence-corrected chi connectivity index (χ2v) is 3.40. The lowest BCUT2D eigenvalue weighted by atomic mass is 10.1. The molecule has 0 aromatic heterocycles. The fraction of sp³-hybridized carbons (Fsp3) is 0.750. The van der Waals surface area contributed by atoms with Gasteiger partial charge in [0.05, 0.1) is 6.10 Å². The fourth-order valence-electron chi connectivity index (χ4n) is 0.857. The third kappa shape index (κ3) is 5.38. The molecule has 0 rings (SSSR count). The molecular formula is C8H12F3NO5. The molecule has 0 radical (unpaired) electrons. The number of carbonyl (C=O) groups excluding carboxylic acids is 1. The van der Waals surface area contributed by atoms with Crippen molar-refractivity contribution in [2.45, 2.75) is 38.3 Å². The Labute approximate surface area is 94.4 Å². The molecule has 0 aliphatic rings. The molecule has 6 nitrogen and oxygen atoms in total. The van der Waals surface area contributed by atoms with E-state index in [4.69, 9.17) is 10.2 Å². The van der Waals surface area contributed by atoms with Crippen LogP contribution in [0.2, 0.25) is 0 Å². The van der Waals surface area contributed by atoms with E-state index in [0.717, 1.165) is 0 Å². The minimum atomic E-state index is -5.10. The summed E-state index contributed by atoms with van der Waals surface area (Å²) in [6.07, 6.45) is -10.0. The van der Waals surface area contributed by atoms with Crippen molar-refractivity contribution in [3.05, 3.63) is 0 Å². The number of aliphatic hydroxyl groups excluding tert-OH is 1. The van der Waals surface area contributed by atoms with E-state index in [0.29, 0.717) is 0 Å². The predicted molar refractivity (Wildman–Crippen MR) is 48.2 cm³/mol. The molecule has 9 heteroatoms. The summed E-state index contributed by atoms with van der Waals surface area (Å²) in [6, 6.07) is -2.92. The van der Waals surface area contributed by atoms with Crippen LogP contribution in [0, 0.1) is 0 Å². The van der Waals surface area contributed by atoms with Gasteiger partial charge in [-0.1, -0.05) is 0 Å². The first-order chi connectivity index (χ1) is 7.55. The van der Waals surface area contributed by atoms with E-state index in [9.17, 15) is 22.8 Å². The number of carboxylic acids is 1. The van der Waals surface area contributed by atoms with E-state index >= 15 is 0 Å². The van der Waals surface area contributed by atoms with E-state index in [1.165, 1.54) is 19.2 Å². The molecule has 100 valence electrons. The monoisotopic (exact) mass is 259 g/mol. The lowest BCUT2D eigenvalue weighted by Gasteiger charge is -2.23. The van der Waals surface area contributed by atoms with E-state index in [1.54, 1.807) is 0 Å². The first-order valence-corrected chi connectivity index (χ1v) is 4.50. The molecule has 17 heavy (non-hydrogen) atoms. The Morgan fingerprint density at radius 2 is 1.76 bits per heavy atom. The topological polar surface area (TPSA) is 95.9 Å². The molecule has 0 fully saturated rings. The Kier molecular flexibility index (Phi) is 5.20. The molecule has 0 unspecified atom stereocenters. The molecule has 0 saturated heterocycles. The number of aliphatic hydroxyl groups is 1. The van der Waals surface area contributed by atoms with Crippen LogP contribution in [0.3, 0.4) is 0 Å². The van der Waals surface area contributed by atoms with Gasteiger partial charge in [-0.15, -0.1) is 0 Å². The third-order valence-corrected chi connectivity index (χ3v) is 1.54. The molecule has 0 aromatic rings. The van der Waals surface area contributed by atoms with Crippen LogP contribution in [-0.4, -0.2) is 46.7 Å². The Balaban J connectivity index is 4.73. The number of rotatable bonds is 4. The average Bonchev–Trinajstić information content (AvgIpc) is 2.09. The van der Waals surface area contributed by atoms with Crippen LogP contribution in [-0.2, 0) is 9.53 Å². The number of nitrogens with one attached hydrogen (secondary N) is 1. The molecule has 0 aliphatic heterocycles. The second kappa shape index (κ2) is 5.71. The van der Waals surface area contributed by atoms with Crippen molar-refractivity contribution in [3.63, 3.8) is 0 Å². The number of hydrogen-bond donors (Lipinski definition) is 3. The molecule has 1 amide bonds. The van der Waals surface area contributed by atoms with E-state index in [-0.39, 0.29) is 0 Å². The summed E-state index contributed by atoms with van der Waals surface area (Å²) >= 11 is 0. The van der Waals surface area contributed by atoms with Crippen molar-refractivity contribution in [3.8, 4) is 0 Å².